The lowest BCUT2D eigenvalue weighted by Crippen LogP contribution is -2.41. The van der Waals surface area contributed by atoms with Gasteiger partial charge in [-0.2, -0.15) is 4.80 Å². The molecule has 1 saturated carbocycles. The van der Waals surface area contributed by atoms with Crippen LogP contribution in [-0.2, 0) is 10.0 Å². The first kappa shape index (κ1) is 23.1. The number of piperidine rings is 1. The van der Waals surface area contributed by atoms with Crippen LogP contribution < -0.4 is 10.0 Å². The van der Waals surface area contributed by atoms with Gasteiger partial charge in [0.1, 0.15) is 0 Å². The molecule has 1 aromatic carbocycles. The Morgan fingerprint density at radius 3 is 2.59 bits per heavy atom. The molecule has 32 heavy (non-hydrogen) atoms. The quantitative estimate of drug-likeness (QED) is 0.653. The molecule has 1 aliphatic heterocycles. The molecule has 176 valence electrons. The van der Waals surface area contributed by atoms with Gasteiger partial charge in [0.15, 0.2) is 0 Å². The summed E-state index contributed by atoms with van der Waals surface area (Å²) in [4.78, 5) is 4.35. The minimum absolute atomic E-state index is 0.173. The van der Waals surface area contributed by atoms with E-state index in [9.17, 15) is 8.42 Å². The molecule has 1 saturated heterocycles. The maximum atomic E-state index is 12.4. The Morgan fingerprint density at radius 2 is 1.88 bits per heavy atom. The molecule has 2 N–H and O–H groups in total. The fourth-order valence-electron chi connectivity index (χ4n) is 4.71. The topological polar surface area (TPSA) is 105 Å². The average Bonchev–Trinajstić information content (AvgIpc) is 3.30. The monoisotopic (exact) mass is 461 g/mol. The van der Waals surface area contributed by atoms with Gasteiger partial charge >= 0.3 is 0 Å². The lowest BCUT2D eigenvalue weighted by molar-refractivity contribution is 0.129. The van der Waals surface area contributed by atoms with Gasteiger partial charge in [-0.15, -0.1) is 10.2 Å². The summed E-state index contributed by atoms with van der Waals surface area (Å²) in [5, 5.41) is 17.0. The van der Waals surface area contributed by atoms with Crippen LogP contribution in [0.1, 0.15) is 64.8 Å². The molecular weight excluding hydrogens is 426 g/mol. The third-order valence-corrected chi connectivity index (χ3v) is 8.10. The van der Waals surface area contributed by atoms with Crippen molar-refractivity contribution in [2.45, 2.75) is 81.8 Å². The zero-order chi connectivity index (χ0) is 22.7. The van der Waals surface area contributed by atoms with Crippen LogP contribution in [-0.4, -0.2) is 65.7 Å². The molecule has 0 spiro atoms. The first-order valence-electron chi connectivity index (χ1n) is 11.8. The molecule has 1 aliphatic carbocycles. The molecule has 2 aliphatic rings. The van der Waals surface area contributed by atoms with Crippen LogP contribution in [0.4, 0.5) is 5.69 Å². The van der Waals surface area contributed by atoms with Crippen molar-refractivity contribution in [3.05, 3.63) is 18.2 Å². The molecule has 2 fully saturated rings. The van der Waals surface area contributed by atoms with Crippen LogP contribution in [0.3, 0.4) is 0 Å². The van der Waals surface area contributed by atoms with Crippen molar-refractivity contribution in [2.75, 3.05) is 25.5 Å². The Hall–Kier alpha value is -2.04. The molecule has 1 unspecified atom stereocenters. The normalized spacial score (nSPS) is 21.2. The standard InChI is InChI=1S/C22H35N7O2S/c1-16(2)28-13-7-10-18(15-28)29-26-22(25-27-29)20-14-19(32(30,31)23-3)11-12-21(20)24-17-8-5-4-6-9-17/h11-12,14,16-18,23-24H,4-10,13,15H2,1-3H3. The Bertz CT molecular complexity index is 1020. The molecule has 9 nitrogen and oxygen atoms in total. The number of anilines is 1. The highest BCUT2D eigenvalue weighted by atomic mass is 32.2. The van der Waals surface area contributed by atoms with Gasteiger partial charge in [-0.25, -0.2) is 13.1 Å². The van der Waals surface area contributed by atoms with E-state index in [1.165, 1.54) is 26.3 Å². The molecular formula is C22H35N7O2S. The lowest BCUT2D eigenvalue weighted by Gasteiger charge is -2.34. The first-order chi connectivity index (χ1) is 15.4. The number of sulfonamides is 1. The molecule has 1 aromatic heterocycles. The van der Waals surface area contributed by atoms with Gasteiger partial charge in [-0.1, -0.05) is 19.3 Å². The van der Waals surface area contributed by atoms with E-state index < -0.39 is 10.0 Å². The van der Waals surface area contributed by atoms with Crippen molar-refractivity contribution in [1.29, 1.82) is 0 Å². The number of hydrogen-bond acceptors (Lipinski definition) is 7. The fraction of sp³-hybridized carbons (Fsp3) is 0.682. The highest BCUT2D eigenvalue weighted by molar-refractivity contribution is 7.89. The Balaban J connectivity index is 1.65. The highest BCUT2D eigenvalue weighted by Crippen LogP contribution is 2.31. The highest BCUT2D eigenvalue weighted by Gasteiger charge is 2.26. The number of tetrazole rings is 1. The summed E-state index contributed by atoms with van der Waals surface area (Å²) in [5.41, 5.74) is 1.54. The van der Waals surface area contributed by atoms with Gasteiger partial charge in [0.05, 0.1) is 10.9 Å². The van der Waals surface area contributed by atoms with Crippen LogP contribution in [0.2, 0.25) is 0 Å². The van der Waals surface area contributed by atoms with E-state index >= 15 is 0 Å². The van der Waals surface area contributed by atoms with E-state index in [0.717, 1.165) is 44.5 Å². The lowest BCUT2D eigenvalue weighted by atomic mass is 9.95. The van der Waals surface area contributed by atoms with Crippen molar-refractivity contribution in [2.24, 2.45) is 0 Å². The Kier molecular flexibility index (Phi) is 7.11. The van der Waals surface area contributed by atoms with Crippen LogP contribution >= 0.6 is 0 Å². The molecule has 0 bridgehead atoms. The number of benzene rings is 1. The van der Waals surface area contributed by atoms with Gasteiger partial charge in [0, 0.05) is 29.9 Å². The van der Waals surface area contributed by atoms with Crippen LogP contribution in [0.15, 0.2) is 23.1 Å². The molecule has 2 heterocycles. The van der Waals surface area contributed by atoms with E-state index in [4.69, 9.17) is 5.10 Å². The smallest absolute Gasteiger partial charge is 0.240 e. The predicted octanol–water partition coefficient (Wildman–Crippen LogP) is 3.04. The fourth-order valence-corrected chi connectivity index (χ4v) is 5.47. The summed E-state index contributed by atoms with van der Waals surface area (Å²) in [6.07, 6.45) is 8.04. The summed E-state index contributed by atoms with van der Waals surface area (Å²) in [7, 11) is -2.16. The van der Waals surface area contributed by atoms with E-state index in [0.29, 0.717) is 23.5 Å². The van der Waals surface area contributed by atoms with Gasteiger partial charge in [-0.05, 0) is 76.5 Å². The largest absolute Gasteiger partial charge is 0.382 e. The van der Waals surface area contributed by atoms with Crippen LogP contribution in [0.25, 0.3) is 11.4 Å². The average molecular weight is 462 g/mol. The van der Waals surface area contributed by atoms with Crippen LogP contribution in [0, 0.1) is 0 Å². The predicted molar refractivity (Wildman–Crippen MR) is 125 cm³/mol. The number of nitrogens with one attached hydrogen (secondary N) is 2. The number of rotatable bonds is 7. The van der Waals surface area contributed by atoms with Gasteiger partial charge in [0.25, 0.3) is 0 Å². The molecule has 4 rings (SSSR count). The summed E-state index contributed by atoms with van der Waals surface area (Å²) in [6.45, 7) is 6.41. The molecule has 0 amide bonds. The maximum Gasteiger partial charge on any atom is 0.240 e. The molecule has 2 aromatic rings. The third kappa shape index (κ3) is 5.13. The van der Waals surface area contributed by atoms with Crippen molar-refractivity contribution in [3.8, 4) is 11.4 Å². The van der Waals surface area contributed by atoms with Gasteiger partial charge < -0.3 is 5.32 Å². The van der Waals surface area contributed by atoms with Gasteiger partial charge in [0.2, 0.25) is 15.8 Å². The first-order valence-corrected chi connectivity index (χ1v) is 13.2. The second-order valence-electron chi connectivity index (χ2n) is 9.21. The summed E-state index contributed by atoms with van der Waals surface area (Å²) in [6, 6.07) is 6.14. The minimum Gasteiger partial charge on any atom is -0.382 e. The number of hydrogen-bond donors (Lipinski definition) is 2. The zero-order valence-corrected chi connectivity index (χ0v) is 20.1. The van der Waals surface area contributed by atoms with Crippen molar-refractivity contribution in [3.63, 3.8) is 0 Å². The summed E-state index contributed by atoms with van der Waals surface area (Å²) < 4.78 is 27.3. The van der Waals surface area contributed by atoms with E-state index in [1.807, 2.05) is 6.07 Å². The SMILES string of the molecule is CNS(=O)(=O)c1ccc(NC2CCCCC2)c(-c2nnn(C3CCCN(C(C)C)C3)n2)c1. The zero-order valence-electron chi connectivity index (χ0n) is 19.3. The number of nitrogens with zero attached hydrogens (tertiary/aromatic N) is 5. The van der Waals surface area contributed by atoms with Crippen LogP contribution in [0.5, 0.6) is 0 Å². The van der Waals surface area contributed by atoms with E-state index in [1.54, 1.807) is 16.9 Å². The number of aromatic nitrogens is 4. The van der Waals surface area contributed by atoms with Crippen molar-refractivity contribution < 1.29 is 8.42 Å². The summed E-state index contributed by atoms with van der Waals surface area (Å²) >= 11 is 0. The second kappa shape index (κ2) is 9.84. The van der Waals surface area contributed by atoms with E-state index in [-0.39, 0.29) is 10.9 Å². The molecule has 1 atom stereocenters. The molecule has 0 radical (unpaired) electrons. The maximum absolute atomic E-state index is 12.4. The van der Waals surface area contributed by atoms with E-state index in [2.05, 4.69) is 39.1 Å². The van der Waals surface area contributed by atoms with Gasteiger partial charge in [-0.3, -0.25) is 4.90 Å². The molecule has 10 heteroatoms. The number of likely N-dealkylation sites (tertiary alicyclic amines) is 1. The Morgan fingerprint density at radius 1 is 1.09 bits per heavy atom. The Labute approximate surface area is 191 Å². The minimum atomic E-state index is -3.58. The third-order valence-electron chi connectivity index (χ3n) is 6.69. The second-order valence-corrected chi connectivity index (χ2v) is 11.1. The summed E-state index contributed by atoms with van der Waals surface area (Å²) in [5.74, 6) is 0.457. The van der Waals surface area contributed by atoms with Crippen molar-refractivity contribution >= 4 is 15.7 Å². The van der Waals surface area contributed by atoms with Crippen molar-refractivity contribution in [1.82, 2.24) is 29.8 Å².